The van der Waals surface area contributed by atoms with Crippen molar-refractivity contribution in [3.8, 4) is 0 Å². The molecule has 0 aliphatic rings. The molecule has 0 radical (unpaired) electrons. The van der Waals surface area contributed by atoms with Gasteiger partial charge in [-0.15, -0.1) is 0 Å². The van der Waals surface area contributed by atoms with Crippen molar-refractivity contribution in [1.29, 1.82) is 0 Å². The van der Waals surface area contributed by atoms with Crippen LogP contribution in [0.1, 0.15) is 5.56 Å². The normalized spacial score (nSPS) is 11.3. The number of hydrogen-bond acceptors (Lipinski definition) is 3. The third-order valence-electron chi connectivity index (χ3n) is 3.74. The Morgan fingerprint density at radius 3 is 2.29 bits per heavy atom. The lowest BCUT2D eigenvalue weighted by Gasteiger charge is -2.10. The van der Waals surface area contributed by atoms with E-state index in [2.05, 4.69) is 10.0 Å². The fraction of sp³-hybridized carbons (Fsp3) is 0. The van der Waals surface area contributed by atoms with E-state index in [4.69, 9.17) is 11.6 Å². The summed E-state index contributed by atoms with van der Waals surface area (Å²) in [5.41, 5.74) is 1.66. The Hall–Kier alpha value is -3.09. The lowest BCUT2D eigenvalue weighted by Crippen LogP contribution is -2.14. The van der Waals surface area contributed by atoms with Crippen LogP contribution in [-0.4, -0.2) is 14.3 Å². The Morgan fingerprint density at radius 2 is 1.57 bits per heavy atom. The van der Waals surface area contributed by atoms with E-state index in [1.807, 2.05) is 30.3 Å². The molecule has 0 aliphatic carbocycles. The van der Waals surface area contributed by atoms with Crippen LogP contribution in [0.2, 0.25) is 5.02 Å². The van der Waals surface area contributed by atoms with Crippen LogP contribution >= 0.6 is 11.6 Å². The van der Waals surface area contributed by atoms with Crippen LogP contribution in [0.25, 0.3) is 6.08 Å². The molecule has 0 bridgehead atoms. The minimum atomic E-state index is -3.80. The molecule has 0 saturated carbocycles. The summed E-state index contributed by atoms with van der Waals surface area (Å²) in [7, 11) is -3.80. The van der Waals surface area contributed by atoms with E-state index in [0.717, 1.165) is 5.56 Å². The van der Waals surface area contributed by atoms with Gasteiger partial charge in [-0.3, -0.25) is 9.52 Å². The lowest BCUT2D eigenvalue weighted by molar-refractivity contribution is -0.111. The van der Waals surface area contributed by atoms with Crippen molar-refractivity contribution in [2.24, 2.45) is 0 Å². The fourth-order valence-corrected chi connectivity index (χ4v) is 3.62. The largest absolute Gasteiger partial charge is 0.322 e. The second-order valence-electron chi connectivity index (χ2n) is 5.87. The second-order valence-corrected chi connectivity index (χ2v) is 7.99. The molecule has 5 nitrogen and oxygen atoms in total. The van der Waals surface area contributed by atoms with Crippen LogP contribution in [0, 0.1) is 0 Å². The Bertz CT molecular complexity index is 1100. The summed E-state index contributed by atoms with van der Waals surface area (Å²) in [6.45, 7) is 0. The Labute approximate surface area is 168 Å². The number of carbonyl (C=O) groups is 1. The molecule has 3 aromatic rings. The van der Waals surface area contributed by atoms with E-state index in [1.165, 1.54) is 18.2 Å². The summed E-state index contributed by atoms with van der Waals surface area (Å²) < 4.78 is 27.6. The highest BCUT2D eigenvalue weighted by molar-refractivity contribution is 7.92. The topological polar surface area (TPSA) is 75.3 Å². The first-order valence-corrected chi connectivity index (χ1v) is 10.2. The van der Waals surface area contributed by atoms with Crippen molar-refractivity contribution in [3.05, 3.63) is 95.5 Å². The van der Waals surface area contributed by atoms with Gasteiger partial charge >= 0.3 is 0 Å². The van der Waals surface area contributed by atoms with Crippen molar-refractivity contribution in [2.45, 2.75) is 4.90 Å². The monoisotopic (exact) mass is 412 g/mol. The molecule has 142 valence electrons. The SMILES string of the molecule is O=C(/C=C\c1ccccc1)Nc1cccc(S(=O)(=O)Nc2ccc(Cl)cc2)c1. The summed E-state index contributed by atoms with van der Waals surface area (Å²) >= 11 is 5.81. The minimum absolute atomic E-state index is 0.0345. The lowest BCUT2D eigenvalue weighted by atomic mass is 10.2. The van der Waals surface area contributed by atoms with Crippen LogP contribution in [0.4, 0.5) is 11.4 Å². The number of amides is 1. The second kappa shape index (κ2) is 8.73. The quantitative estimate of drug-likeness (QED) is 0.571. The fourth-order valence-electron chi connectivity index (χ4n) is 2.39. The number of hydrogen-bond donors (Lipinski definition) is 2. The average Bonchev–Trinajstić information content (AvgIpc) is 2.69. The number of anilines is 2. The summed E-state index contributed by atoms with van der Waals surface area (Å²) in [5, 5.41) is 3.17. The van der Waals surface area contributed by atoms with E-state index in [0.29, 0.717) is 16.4 Å². The maximum Gasteiger partial charge on any atom is 0.261 e. The molecule has 1 amide bonds. The molecule has 7 heteroatoms. The minimum Gasteiger partial charge on any atom is -0.322 e. The highest BCUT2D eigenvalue weighted by Crippen LogP contribution is 2.20. The van der Waals surface area contributed by atoms with E-state index in [1.54, 1.807) is 42.5 Å². The van der Waals surface area contributed by atoms with Gasteiger partial charge in [0.2, 0.25) is 5.91 Å². The zero-order chi connectivity index (χ0) is 20.0. The van der Waals surface area contributed by atoms with Gasteiger partial charge in [-0.2, -0.15) is 0 Å². The van der Waals surface area contributed by atoms with Crippen LogP contribution in [0.3, 0.4) is 0 Å². The van der Waals surface area contributed by atoms with Gasteiger partial charge in [-0.1, -0.05) is 48.0 Å². The predicted molar refractivity (Wildman–Crippen MR) is 113 cm³/mol. The van der Waals surface area contributed by atoms with Crippen LogP contribution in [0.5, 0.6) is 0 Å². The summed E-state index contributed by atoms with van der Waals surface area (Å²) in [4.78, 5) is 12.1. The highest BCUT2D eigenvalue weighted by Gasteiger charge is 2.15. The standard InChI is InChI=1S/C21H17ClN2O3S/c22-17-10-12-18(13-11-17)24-28(26,27)20-8-4-7-19(15-20)23-21(25)14-9-16-5-2-1-3-6-16/h1-15,24H,(H,23,25)/b14-9-. The van der Waals surface area contributed by atoms with Crippen molar-refractivity contribution in [2.75, 3.05) is 10.0 Å². The van der Waals surface area contributed by atoms with Gasteiger partial charge in [-0.25, -0.2) is 8.42 Å². The van der Waals surface area contributed by atoms with Gasteiger partial charge in [0.15, 0.2) is 0 Å². The van der Waals surface area contributed by atoms with Gasteiger partial charge in [0.05, 0.1) is 4.90 Å². The highest BCUT2D eigenvalue weighted by atomic mass is 35.5. The van der Waals surface area contributed by atoms with Gasteiger partial charge in [0, 0.05) is 22.5 Å². The van der Waals surface area contributed by atoms with E-state index >= 15 is 0 Å². The smallest absolute Gasteiger partial charge is 0.261 e. The number of benzene rings is 3. The number of nitrogens with one attached hydrogen (secondary N) is 2. The molecule has 28 heavy (non-hydrogen) atoms. The zero-order valence-corrected chi connectivity index (χ0v) is 16.2. The van der Waals surface area contributed by atoms with Crippen LogP contribution in [0.15, 0.2) is 89.8 Å². The number of halogens is 1. The molecular formula is C21H17ClN2O3S. The zero-order valence-electron chi connectivity index (χ0n) is 14.7. The number of sulfonamides is 1. The maximum absolute atomic E-state index is 12.6. The predicted octanol–water partition coefficient (Wildman–Crippen LogP) is 4.79. The first-order chi connectivity index (χ1) is 13.4. The molecule has 3 aromatic carbocycles. The van der Waals surface area contributed by atoms with Crippen LogP contribution < -0.4 is 10.0 Å². The molecule has 0 atom stereocenters. The first kappa shape index (κ1) is 19.7. The summed E-state index contributed by atoms with van der Waals surface area (Å²) in [6, 6.07) is 21.7. The van der Waals surface area contributed by atoms with Gasteiger partial charge < -0.3 is 5.32 Å². The van der Waals surface area contributed by atoms with E-state index < -0.39 is 10.0 Å². The number of carbonyl (C=O) groups excluding carboxylic acids is 1. The third-order valence-corrected chi connectivity index (χ3v) is 5.37. The molecule has 0 heterocycles. The summed E-state index contributed by atoms with van der Waals surface area (Å²) in [5.74, 6) is -0.357. The first-order valence-electron chi connectivity index (χ1n) is 8.35. The molecule has 0 unspecified atom stereocenters. The molecule has 0 aromatic heterocycles. The van der Waals surface area contributed by atoms with Crippen molar-refractivity contribution in [1.82, 2.24) is 0 Å². The van der Waals surface area contributed by atoms with Gasteiger partial charge in [0.25, 0.3) is 10.0 Å². The molecule has 2 N–H and O–H groups in total. The van der Waals surface area contributed by atoms with E-state index in [-0.39, 0.29) is 10.8 Å². The Morgan fingerprint density at radius 1 is 0.857 bits per heavy atom. The van der Waals surface area contributed by atoms with Gasteiger partial charge in [0.1, 0.15) is 0 Å². The average molecular weight is 413 g/mol. The Kier molecular flexibility index (Phi) is 6.13. The van der Waals surface area contributed by atoms with Crippen molar-refractivity contribution >= 4 is 45.0 Å². The van der Waals surface area contributed by atoms with Crippen molar-refractivity contribution in [3.63, 3.8) is 0 Å². The maximum atomic E-state index is 12.6. The van der Waals surface area contributed by atoms with Gasteiger partial charge in [-0.05, 0) is 54.1 Å². The van der Waals surface area contributed by atoms with Crippen LogP contribution in [-0.2, 0) is 14.8 Å². The molecule has 0 saturated heterocycles. The third kappa shape index (κ3) is 5.45. The molecule has 0 aliphatic heterocycles. The molecular weight excluding hydrogens is 396 g/mol. The number of rotatable bonds is 6. The van der Waals surface area contributed by atoms with Crippen molar-refractivity contribution < 1.29 is 13.2 Å². The summed E-state index contributed by atoms with van der Waals surface area (Å²) in [6.07, 6.45) is 3.07. The van der Waals surface area contributed by atoms with E-state index in [9.17, 15) is 13.2 Å². The Balaban J connectivity index is 1.71. The molecule has 0 spiro atoms. The molecule has 0 fully saturated rings. The molecule has 3 rings (SSSR count).